The van der Waals surface area contributed by atoms with E-state index in [1.54, 1.807) is 0 Å². The summed E-state index contributed by atoms with van der Waals surface area (Å²) in [4.78, 5) is 12.9. The minimum absolute atomic E-state index is 0.0903. The highest BCUT2D eigenvalue weighted by molar-refractivity contribution is 5.81. The second-order valence-electron chi connectivity index (χ2n) is 8.00. The third-order valence-corrected chi connectivity index (χ3v) is 4.91. The number of amides is 1. The van der Waals surface area contributed by atoms with Crippen LogP contribution in [0.25, 0.3) is 0 Å². The third kappa shape index (κ3) is 4.62. The molecule has 0 saturated carbocycles. The van der Waals surface area contributed by atoms with Crippen LogP contribution in [0, 0.1) is 13.8 Å². The minimum Gasteiger partial charge on any atom is -0.487 e. The molecular formula is C23H29NO3. The van der Waals surface area contributed by atoms with E-state index in [2.05, 4.69) is 25.2 Å². The first-order chi connectivity index (χ1) is 12.8. The van der Waals surface area contributed by atoms with Gasteiger partial charge in [-0.15, -0.1) is 0 Å². The van der Waals surface area contributed by atoms with Crippen LogP contribution < -0.4 is 14.8 Å². The summed E-state index contributed by atoms with van der Waals surface area (Å²) in [6.45, 7) is 10.1. The van der Waals surface area contributed by atoms with Crippen molar-refractivity contribution in [2.75, 3.05) is 0 Å². The summed E-state index contributed by atoms with van der Waals surface area (Å²) < 4.78 is 12.1. The summed E-state index contributed by atoms with van der Waals surface area (Å²) in [6.07, 6.45) is 0.801. The molecule has 1 aliphatic rings. The SMILES string of the molecule is CC[C@@H](Oc1ccc(C)cc1)C(=O)N[C@@H]1CC(C)(C)Oc2cc(C)ccc21. The highest BCUT2D eigenvalue weighted by Crippen LogP contribution is 2.40. The summed E-state index contributed by atoms with van der Waals surface area (Å²) in [5, 5.41) is 3.19. The van der Waals surface area contributed by atoms with Crippen molar-refractivity contribution in [3.63, 3.8) is 0 Å². The molecule has 2 aromatic rings. The molecule has 2 aromatic carbocycles. The standard InChI is InChI=1S/C23H29NO3/c1-6-20(26-17-10-7-15(2)8-11-17)22(25)24-19-14-23(4,5)27-21-13-16(3)9-12-18(19)21/h7-13,19-20H,6,14H2,1-5H3,(H,24,25)/t19-,20-/m1/s1. The number of hydrogen-bond acceptors (Lipinski definition) is 3. The Kier molecular flexibility index (Phi) is 5.45. The zero-order valence-corrected chi connectivity index (χ0v) is 16.8. The first-order valence-corrected chi connectivity index (χ1v) is 9.60. The lowest BCUT2D eigenvalue weighted by Gasteiger charge is -2.38. The van der Waals surface area contributed by atoms with Gasteiger partial charge in [-0.1, -0.05) is 36.8 Å². The van der Waals surface area contributed by atoms with E-state index in [-0.39, 0.29) is 17.6 Å². The largest absolute Gasteiger partial charge is 0.487 e. The zero-order chi connectivity index (χ0) is 19.6. The molecule has 3 rings (SSSR count). The topological polar surface area (TPSA) is 47.6 Å². The molecule has 0 saturated heterocycles. The van der Waals surface area contributed by atoms with Gasteiger partial charge < -0.3 is 14.8 Å². The summed E-state index contributed by atoms with van der Waals surface area (Å²) in [5.74, 6) is 1.47. The van der Waals surface area contributed by atoms with E-state index in [1.807, 2.05) is 57.2 Å². The van der Waals surface area contributed by atoms with E-state index in [4.69, 9.17) is 9.47 Å². The van der Waals surface area contributed by atoms with Gasteiger partial charge in [0.1, 0.15) is 17.1 Å². The first-order valence-electron chi connectivity index (χ1n) is 9.60. The number of rotatable bonds is 5. The first kappa shape index (κ1) is 19.3. The van der Waals surface area contributed by atoms with Crippen LogP contribution in [-0.2, 0) is 4.79 Å². The van der Waals surface area contributed by atoms with Crippen LogP contribution in [0.3, 0.4) is 0 Å². The molecular weight excluding hydrogens is 338 g/mol. The maximum absolute atomic E-state index is 12.9. The van der Waals surface area contributed by atoms with Gasteiger partial charge in [-0.05, 0) is 57.9 Å². The molecule has 0 spiro atoms. The van der Waals surface area contributed by atoms with E-state index < -0.39 is 6.10 Å². The lowest BCUT2D eigenvalue weighted by Crippen LogP contribution is -2.45. The van der Waals surface area contributed by atoms with Crippen LogP contribution in [0.15, 0.2) is 42.5 Å². The van der Waals surface area contributed by atoms with Gasteiger partial charge in [-0.3, -0.25) is 4.79 Å². The van der Waals surface area contributed by atoms with E-state index in [9.17, 15) is 4.79 Å². The molecule has 1 amide bonds. The Bertz CT molecular complexity index is 811. The average Bonchev–Trinajstić information content (AvgIpc) is 2.59. The molecule has 0 bridgehead atoms. The number of carbonyl (C=O) groups excluding carboxylic acids is 1. The zero-order valence-electron chi connectivity index (χ0n) is 16.8. The molecule has 4 heteroatoms. The van der Waals surface area contributed by atoms with E-state index in [0.717, 1.165) is 28.9 Å². The number of aryl methyl sites for hydroxylation is 2. The fraction of sp³-hybridized carbons (Fsp3) is 0.435. The molecule has 0 radical (unpaired) electrons. The number of nitrogens with one attached hydrogen (secondary N) is 1. The van der Waals surface area contributed by atoms with Gasteiger partial charge in [0.05, 0.1) is 6.04 Å². The Balaban J connectivity index is 1.76. The number of hydrogen-bond donors (Lipinski definition) is 1. The lowest BCUT2D eigenvalue weighted by molar-refractivity contribution is -0.129. The second-order valence-corrected chi connectivity index (χ2v) is 8.00. The van der Waals surface area contributed by atoms with Gasteiger partial charge in [-0.25, -0.2) is 0 Å². The molecule has 1 aliphatic heterocycles. The van der Waals surface area contributed by atoms with Gasteiger partial charge in [0.2, 0.25) is 0 Å². The van der Waals surface area contributed by atoms with E-state index >= 15 is 0 Å². The quantitative estimate of drug-likeness (QED) is 0.819. The van der Waals surface area contributed by atoms with Crippen molar-refractivity contribution in [1.82, 2.24) is 5.32 Å². The number of ether oxygens (including phenoxy) is 2. The van der Waals surface area contributed by atoms with Crippen molar-refractivity contribution >= 4 is 5.91 Å². The Hall–Kier alpha value is -2.49. The highest BCUT2D eigenvalue weighted by atomic mass is 16.5. The predicted molar refractivity (Wildman–Crippen MR) is 107 cm³/mol. The normalized spacial score (nSPS) is 18.8. The molecule has 0 fully saturated rings. The number of carbonyl (C=O) groups is 1. The predicted octanol–water partition coefficient (Wildman–Crippen LogP) is 4.88. The summed E-state index contributed by atoms with van der Waals surface area (Å²) >= 11 is 0. The lowest BCUT2D eigenvalue weighted by atomic mass is 9.89. The Morgan fingerprint density at radius 2 is 1.85 bits per heavy atom. The van der Waals surface area contributed by atoms with Crippen molar-refractivity contribution in [3.05, 3.63) is 59.2 Å². The van der Waals surface area contributed by atoms with Crippen molar-refractivity contribution in [2.45, 2.75) is 65.2 Å². The minimum atomic E-state index is -0.521. The molecule has 27 heavy (non-hydrogen) atoms. The van der Waals surface area contributed by atoms with Crippen LogP contribution >= 0.6 is 0 Å². The maximum Gasteiger partial charge on any atom is 0.261 e. The van der Waals surface area contributed by atoms with Crippen molar-refractivity contribution in [2.24, 2.45) is 0 Å². The van der Waals surface area contributed by atoms with Gasteiger partial charge in [-0.2, -0.15) is 0 Å². The highest BCUT2D eigenvalue weighted by Gasteiger charge is 2.35. The van der Waals surface area contributed by atoms with Crippen LogP contribution in [0.4, 0.5) is 0 Å². The molecule has 144 valence electrons. The Morgan fingerprint density at radius 1 is 1.19 bits per heavy atom. The van der Waals surface area contributed by atoms with Gasteiger partial charge in [0.15, 0.2) is 6.10 Å². The van der Waals surface area contributed by atoms with E-state index in [1.165, 1.54) is 0 Å². The van der Waals surface area contributed by atoms with Gasteiger partial charge >= 0.3 is 0 Å². The second kappa shape index (κ2) is 7.63. The third-order valence-electron chi connectivity index (χ3n) is 4.91. The van der Waals surface area contributed by atoms with Crippen LogP contribution in [-0.4, -0.2) is 17.6 Å². The van der Waals surface area contributed by atoms with Crippen LogP contribution in [0.2, 0.25) is 0 Å². The number of fused-ring (bicyclic) bond motifs is 1. The molecule has 4 nitrogen and oxygen atoms in total. The monoisotopic (exact) mass is 367 g/mol. The molecule has 1 heterocycles. The molecule has 0 unspecified atom stereocenters. The van der Waals surface area contributed by atoms with Gasteiger partial charge in [0, 0.05) is 12.0 Å². The Labute approximate surface area is 161 Å². The van der Waals surface area contributed by atoms with Crippen molar-refractivity contribution in [3.8, 4) is 11.5 Å². The summed E-state index contributed by atoms with van der Waals surface area (Å²) in [7, 11) is 0. The summed E-state index contributed by atoms with van der Waals surface area (Å²) in [5.41, 5.74) is 3.00. The van der Waals surface area contributed by atoms with E-state index in [0.29, 0.717) is 12.2 Å². The Morgan fingerprint density at radius 3 is 2.52 bits per heavy atom. The number of benzene rings is 2. The smallest absolute Gasteiger partial charge is 0.261 e. The van der Waals surface area contributed by atoms with Crippen LogP contribution in [0.5, 0.6) is 11.5 Å². The fourth-order valence-corrected chi connectivity index (χ4v) is 3.46. The van der Waals surface area contributed by atoms with Crippen LogP contribution in [0.1, 0.15) is 56.3 Å². The van der Waals surface area contributed by atoms with Gasteiger partial charge in [0.25, 0.3) is 5.91 Å². The molecule has 2 atom stereocenters. The molecule has 0 aliphatic carbocycles. The maximum atomic E-state index is 12.9. The van der Waals surface area contributed by atoms with Crippen molar-refractivity contribution < 1.29 is 14.3 Å². The van der Waals surface area contributed by atoms with Crippen molar-refractivity contribution in [1.29, 1.82) is 0 Å². The summed E-state index contributed by atoms with van der Waals surface area (Å²) in [6, 6.07) is 13.8. The average molecular weight is 367 g/mol. The molecule has 1 N–H and O–H groups in total. The molecule has 0 aromatic heterocycles. The fourth-order valence-electron chi connectivity index (χ4n) is 3.46.